The number of hydrogen-bond acceptors (Lipinski definition) is 5. The van der Waals surface area contributed by atoms with Gasteiger partial charge in [0.05, 0.1) is 11.0 Å². The number of carbonyl (C=O) groups excluding carboxylic acids is 1. The van der Waals surface area contributed by atoms with E-state index < -0.39 is 4.92 Å². The van der Waals surface area contributed by atoms with Gasteiger partial charge < -0.3 is 15.1 Å². The van der Waals surface area contributed by atoms with E-state index in [9.17, 15) is 14.9 Å². The zero-order chi connectivity index (χ0) is 21.0. The molecule has 1 amide bonds. The molecule has 0 radical (unpaired) electrons. The highest BCUT2D eigenvalue weighted by molar-refractivity contribution is 6.31. The standard InChI is InChI=1S/C21H25ClN4O3/c1-24(2)20(16-7-3-4-8-17(16)22)14-23-21(27)15-9-10-18(19(13-15)26(28)29)25-11-5-6-12-25/h3-4,7-10,13,20H,5-6,11-12,14H2,1-2H3,(H,23,27). The Kier molecular flexibility index (Phi) is 6.71. The van der Waals surface area contributed by atoms with E-state index in [1.165, 1.54) is 6.07 Å². The van der Waals surface area contributed by atoms with E-state index in [2.05, 4.69) is 5.32 Å². The van der Waals surface area contributed by atoms with Gasteiger partial charge in [-0.3, -0.25) is 14.9 Å². The number of carbonyl (C=O) groups is 1. The number of hydrogen-bond donors (Lipinski definition) is 1. The Morgan fingerprint density at radius 1 is 1.24 bits per heavy atom. The number of likely N-dealkylation sites (N-methyl/N-ethyl adjacent to an activating group) is 1. The van der Waals surface area contributed by atoms with Crippen LogP contribution in [0.25, 0.3) is 0 Å². The van der Waals surface area contributed by atoms with E-state index in [0.717, 1.165) is 31.5 Å². The summed E-state index contributed by atoms with van der Waals surface area (Å²) < 4.78 is 0. The summed E-state index contributed by atoms with van der Waals surface area (Å²) in [5.41, 5.74) is 1.73. The highest BCUT2D eigenvalue weighted by Gasteiger charge is 2.24. The summed E-state index contributed by atoms with van der Waals surface area (Å²) in [6, 6.07) is 12.1. The molecule has 1 unspecified atom stereocenters. The first-order valence-corrected chi connectivity index (χ1v) is 9.98. The van der Waals surface area contributed by atoms with Crippen molar-refractivity contribution in [3.05, 3.63) is 68.7 Å². The molecule has 8 heteroatoms. The molecule has 154 valence electrons. The molecule has 1 atom stereocenters. The topological polar surface area (TPSA) is 78.7 Å². The van der Waals surface area contributed by atoms with Gasteiger partial charge in [0.2, 0.25) is 0 Å². The molecule has 2 aromatic rings. The molecule has 0 spiro atoms. The van der Waals surface area contributed by atoms with Crippen molar-refractivity contribution in [3.63, 3.8) is 0 Å². The maximum Gasteiger partial charge on any atom is 0.293 e. The zero-order valence-electron chi connectivity index (χ0n) is 16.6. The van der Waals surface area contributed by atoms with Crippen molar-refractivity contribution in [3.8, 4) is 0 Å². The maximum atomic E-state index is 12.7. The van der Waals surface area contributed by atoms with Crippen molar-refractivity contribution >= 4 is 28.9 Å². The summed E-state index contributed by atoms with van der Waals surface area (Å²) in [4.78, 5) is 27.8. The number of rotatable bonds is 7. The minimum Gasteiger partial charge on any atom is -0.366 e. The zero-order valence-corrected chi connectivity index (χ0v) is 17.4. The second kappa shape index (κ2) is 9.24. The fraction of sp³-hybridized carbons (Fsp3) is 0.381. The third kappa shape index (κ3) is 4.86. The monoisotopic (exact) mass is 416 g/mol. The van der Waals surface area contributed by atoms with E-state index in [1.54, 1.807) is 12.1 Å². The second-order valence-electron chi connectivity index (χ2n) is 7.37. The highest BCUT2D eigenvalue weighted by Crippen LogP contribution is 2.32. The Morgan fingerprint density at radius 3 is 2.55 bits per heavy atom. The average Bonchev–Trinajstić information content (AvgIpc) is 3.23. The molecule has 29 heavy (non-hydrogen) atoms. The number of nitrogens with zero attached hydrogens (tertiary/aromatic N) is 3. The van der Waals surface area contributed by atoms with Gasteiger partial charge in [0.25, 0.3) is 11.6 Å². The molecule has 0 bridgehead atoms. The number of amides is 1. The third-order valence-electron chi connectivity index (χ3n) is 5.22. The molecular weight excluding hydrogens is 392 g/mol. The number of nitrogens with one attached hydrogen (secondary N) is 1. The maximum absolute atomic E-state index is 12.7. The summed E-state index contributed by atoms with van der Waals surface area (Å²) in [5.74, 6) is -0.347. The van der Waals surface area contributed by atoms with E-state index in [0.29, 0.717) is 17.3 Å². The van der Waals surface area contributed by atoms with Crippen LogP contribution in [0.3, 0.4) is 0 Å². The lowest BCUT2D eigenvalue weighted by molar-refractivity contribution is -0.384. The van der Waals surface area contributed by atoms with E-state index in [1.807, 2.05) is 48.2 Å². The lowest BCUT2D eigenvalue weighted by atomic mass is 10.1. The van der Waals surface area contributed by atoms with Gasteiger partial charge in [-0.1, -0.05) is 29.8 Å². The summed E-state index contributed by atoms with van der Waals surface area (Å²) in [5, 5.41) is 15.1. The number of halogens is 1. The summed E-state index contributed by atoms with van der Waals surface area (Å²) in [6.07, 6.45) is 2.04. The first-order chi connectivity index (χ1) is 13.9. The van der Waals surface area contributed by atoms with Crippen LogP contribution in [0.1, 0.15) is 34.8 Å². The molecular formula is C21H25ClN4O3. The molecule has 2 aromatic carbocycles. The van der Waals surface area contributed by atoms with Crippen LogP contribution >= 0.6 is 11.6 Å². The van der Waals surface area contributed by atoms with Crippen LogP contribution in [-0.2, 0) is 0 Å². The number of anilines is 1. The molecule has 3 rings (SSSR count). The molecule has 7 nitrogen and oxygen atoms in total. The molecule has 1 heterocycles. The lowest BCUT2D eigenvalue weighted by Crippen LogP contribution is -2.34. The van der Waals surface area contributed by atoms with Crippen molar-refractivity contribution in [1.29, 1.82) is 0 Å². The van der Waals surface area contributed by atoms with E-state index >= 15 is 0 Å². The van der Waals surface area contributed by atoms with Crippen LogP contribution in [-0.4, -0.2) is 49.5 Å². The largest absolute Gasteiger partial charge is 0.366 e. The van der Waals surface area contributed by atoms with Gasteiger partial charge in [0.15, 0.2) is 0 Å². The third-order valence-corrected chi connectivity index (χ3v) is 5.57. The Hall–Kier alpha value is -2.64. The molecule has 0 aromatic heterocycles. The molecule has 1 fully saturated rings. The van der Waals surface area contributed by atoms with Crippen molar-refractivity contribution in [2.45, 2.75) is 18.9 Å². The number of nitro groups is 1. The van der Waals surface area contributed by atoms with Crippen LogP contribution in [0.5, 0.6) is 0 Å². The molecule has 0 aliphatic carbocycles. The SMILES string of the molecule is CN(C)C(CNC(=O)c1ccc(N2CCCC2)c([N+](=O)[O-])c1)c1ccccc1Cl. The van der Waals surface area contributed by atoms with Crippen molar-refractivity contribution in [1.82, 2.24) is 10.2 Å². The van der Waals surface area contributed by atoms with Crippen LogP contribution in [0.2, 0.25) is 5.02 Å². The first-order valence-electron chi connectivity index (χ1n) is 9.61. The number of nitro benzene ring substituents is 1. The van der Waals surface area contributed by atoms with Crippen molar-refractivity contribution in [2.24, 2.45) is 0 Å². The molecule has 1 saturated heterocycles. The Bertz CT molecular complexity index is 897. The number of benzene rings is 2. The minimum atomic E-state index is -0.420. The average molecular weight is 417 g/mol. The van der Waals surface area contributed by atoms with Crippen LogP contribution < -0.4 is 10.2 Å². The van der Waals surface area contributed by atoms with E-state index in [4.69, 9.17) is 11.6 Å². The van der Waals surface area contributed by atoms with Gasteiger partial charge >= 0.3 is 0 Å². The molecule has 1 N–H and O–H groups in total. The molecule has 1 aliphatic heterocycles. The quantitative estimate of drug-likeness (QED) is 0.547. The summed E-state index contributed by atoms with van der Waals surface area (Å²) >= 11 is 6.31. The Morgan fingerprint density at radius 2 is 1.93 bits per heavy atom. The summed E-state index contributed by atoms with van der Waals surface area (Å²) in [6.45, 7) is 1.93. The van der Waals surface area contributed by atoms with Crippen molar-refractivity contribution in [2.75, 3.05) is 38.6 Å². The minimum absolute atomic E-state index is 0.0326. The van der Waals surface area contributed by atoms with Gasteiger partial charge in [-0.2, -0.15) is 0 Å². The van der Waals surface area contributed by atoms with Gasteiger partial charge in [0, 0.05) is 36.3 Å². The van der Waals surface area contributed by atoms with Crippen LogP contribution in [0.15, 0.2) is 42.5 Å². The first kappa shape index (κ1) is 21.1. The predicted molar refractivity (Wildman–Crippen MR) is 115 cm³/mol. The smallest absolute Gasteiger partial charge is 0.293 e. The van der Waals surface area contributed by atoms with Gasteiger partial charge in [-0.25, -0.2) is 0 Å². The van der Waals surface area contributed by atoms with Crippen LogP contribution in [0.4, 0.5) is 11.4 Å². The summed E-state index contributed by atoms with van der Waals surface area (Å²) in [7, 11) is 3.83. The van der Waals surface area contributed by atoms with Crippen LogP contribution in [0, 0.1) is 10.1 Å². The van der Waals surface area contributed by atoms with Crippen molar-refractivity contribution < 1.29 is 9.72 Å². The highest BCUT2D eigenvalue weighted by atomic mass is 35.5. The fourth-order valence-electron chi connectivity index (χ4n) is 3.64. The second-order valence-corrected chi connectivity index (χ2v) is 7.77. The Labute approximate surface area is 175 Å². The predicted octanol–water partition coefficient (Wildman–Crippen LogP) is 3.88. The normalized spacial score (nSPS) is 14.8. The van der Waals surface area contributed by atoms with E-state index in [-0.39, 0.29) is 23.2 Å². The van der Waals surface area contributed by atoms with Gasteiger partial charge in [0.1, 0.15) is 5.69 Å². The lowest BCUT2D eigenvalue weighted by Gasteiger charge is -2.26. The molecule has 1 aliphatic rings. The fourth-order valence-corrected chi connectivity index (χ4v) is 3.91. The van der Waals surface area contributed by atoms with Gasteiger partial charge in [-0.15, -0.1) is 0 Å². The Balaban J connectivity index is 1.77. The van der Waals surface area contributed by atoms with Gasteiger partial charge in [-0.05, 0) is 50.7 Å². The molecule has 0 saturated carbocycles.